The van der Waals surface area contributed by atoms with Gasteiger partial charge in [-0.05, 0) is 56.9 Å². The van der Waals surface area contributed by atoms with Gasteiger partial charge in [-0.3, -0.25) is 9.59 Å². The number of hydrogen-bond acceptors (Lipinski definition) is 3. The van der Waals surface area contributed by atoms with Gasteiger partial charge in [0.25, 0.3) is 0 Å². The molecule has 0 spiro atoms. The van der Waals surface area contributed by atoms with Crippen molar-refractivity contribution in [3.8, 4) is 5.69 Å². The third-order valence-corrected chi connectivity index (χ3v) is 5.25. The van der Waals surface area contributed by atoms with Crippen LogP contribution >= 0.6 is 0 Å². The molecule has 1 heterocycles. The van der Waals surface area contributed by atoms with Gasteiger partial charge in [0.15, 0.2) is 0 Å². The van der Waals surface area contributed by atoms with Crippen LogP contribution in [-0.4, -0.2) is 29.1 Å². The van der Waals surface area contributed by atoms with Gasteiger partial charge in [0.05, 0.1) is 11.9 Å². The van der Waals surface area contributed by atoms with Gasteiger partial charge in [-0.15, -0.1) is 0 Å². The Morgan fingerprint density at radius 3 is 2.29 bits per heavy atom. The zero-order valence-electron chi connectivity index (χ0n) is 18.4. The number of hydrazone groups is 1. The summed E-state index contributed by atoms with van der Waals surface area (Å²) in [5.74, 6) is -1.48. The summed E-state index contributed by atoms with van der Waals surface area (Å²) in [7, 11) is 0. The molecule has 1 aromatic heterocycles. The van der Waals surface area contributed by atoms with Gasteiger partial charge in [0, 0.05) is 23.5 Å². The zero-order valence-corrected chi connectivity index (χ0v) is 18.4. The second kappa shape index (κ2) is 9.89. The first-order valence-electron chi connectivity index (χ1n) is 10.3. The van der Waals surface area contributed by atoms with Crippen molar-refractivity contribution in [2.75, 3.05) is 6.54 Å². The highest BCUT2D eigenvalue weighted by molar-refractivity contribution is 6.35. The first kappa shape index (κ1) is 22.0. The Morgan fingerprint density at radius 1 is 0.935 bits per heavy atom. The monoisotopic (exact) mass is 416 g/mol. The number of amides is 2. The van der Waals surface area contributed by atoms with E-state index < -0.39 is 11.8 Å². The van der Waals surface area contributed by atoms with Crippen LogP contribution < -0.4 is 10.7 Å². The smallest absolute Gasteiger partial charge is 0.329 e. The van der Waals surface area contributed by atoms with Crippen molar-refractivity contribution in [1.29, 1.82) is 0 Å². The van der Waals surface area contributed by atoms with E-state index in [4.69, 9.17) is 0 Å². The number of nitrogens with one attached hydrogen (secondary N) is 2. The minimum atomic E-state index is -0.784. The number of carbonyl (C=O) groups is 2. The summed E-state index contributed by atoms with van der Waals surface area (Å²) in [6.07, 6.45) is 2.23. The molecule has 2 N–H and O–H groups in total. The number of aromatic nitrogens is 1. The van der Waals surface area contributed by atoms with Crippen molar-refractivity contribution in [2.24, 2.45) is 5.10 Å². The fourth-order valence-corrected chi connectivity index (χ4v) is 3.68. The summed E-state index contributed by atoms with van der Waals surface area (Å²) in [6, 6.07) is 18.0. The summed E-state index contributed by atoms with van der Waals surface area (Å²) >= 11 is 0. The van der Waals surface area contributed by atoms with Crippen molar-refractivity contribution in [3.05, 3.63) is 88.2 Å². The molecule has 3 rings (SSSR count). The van der Waals surface area contributed by atoms with E-state index in [0.29, 0.717) is 13.0 Å². The molecular weight excluding hydrogens is 388 g/mol. The summed E-state index contributed by atoms with van der Waals surface area (Å²) < 4.78 is 2.18. The number of benzene rings is 2. The molecule has 0 aliphatic rings. The Morgan fingerprint density at radius 2 is 1.61 bits per heavy atom. The number of hydrogen-bond donors (Lipinski definition) is 2. The number of carbonyl (C=O) groups excluding carboxylic acids is 2. The first-order valence-corrected chi connectivity index (χ1v) is 10.3. The van der Waals surface area contributed by atoms with Crippen molar-refractivity contribution in [1.82, 2.24) is 15.3 Å². The van der Waals surface area contributed by atoms with E-state index in [1.54, 1.807) is 6.21 Å². The fraction of sp³-hybridized carbons (Fsp3) is 0.240. The SMILES string of the molecule is Cc1cccc(C)c1-n1c(C)cc(/C=N\NC(=O)C(=O)NCCc2ccccc2)c1C. The molecule has 0 aliphatic heterocycles. The van der Waals surface area contributed by atoms with Crippen molar-refractivity contribution >= 4 is 18.0 Å². The van der Waals surface area contributed by atoms with Crippen LogP contribution in [0.4, 0.5) is 0 Å². The molecule has 2 amide bonds. The molecule has 0 bridgehead atoms. The molecule has 160 valence electrons. The molecule has 0 aliphatic carbocycles. The quantitative estimate of drug-likeness (QED) is 0.367. The average Bonchev–Trinajstić information content (AvgIpc) is 3.02. The fourth-order valence-electron chi connectivity index (χ4n) is 3.68. The van der Waals surface area contributed by atoms with Crippen molar-refractivity contribution in [2.45, 2.75) is 34.1 Å². The molecule has 0 unspecified atom stereocenters. The second-order valence-electron chi connectivity index (χ2n) is 7.59. The highest BCUT2D eigenvalue weighted by Crippen LogP contribution is 2.25. The number of para-hydroxylation sites is 1. The average molecular weight is 417 g/mol. The molecular formula is C25H28N4O2. The molecule has 2 aromatic carbocycles. The molecule has 31 heavy (non-hydrogen) atoms. The van der Waals surface area contributed by atoms with E-state index in [1.165, 1.54) is 11.1 Å². The van der Waals surface area contributed by atoms with Crippen molar-refractivity contribution in [3.63, 3.8) is 0 Å². The highest BCUT2D eigenvalue weighted by atomic mass is 16.2. The Balaban J connectivity index is 1.61. The molecule has 0 radical (unpaired) electrons. The maximum absolute atomic E-state index is 12.0. The van der Waals surface area contributed by atoms with Crippen LogP contribution in [0.15, 0.2) is 59.7 Å². The van der Waals surface area contributed by atoms with Gasteiger partial charge in [-0.2, -0.15) is 5.10 Å². The lowest BCUT2D eigenvalue weighted by Gasteiger charge is -2.15. The molecule has 3 aromatic rings. The zero-order chi connectivity index (χ0) is 22.4. The van der Waals surface area contributed by atoms with Crippen LogP contribution in [0.2, 0.25) is 0 Å². The summed E-state index contributed by atoms with van der Waals surface area (Å²) in [5, 5.41) is 6.59. The third kappa shape index (κ3) is 5.28. The molecule has 0 atom stereocenters. The van der Waals surface area contributed by atoms with Crippen LogP contribution in [0.1, 0.15) is 33.6 Å². The van der Waals surface area contributed by atoms with E-state index in [2.05, 4.69) is 46.4 Å². The molecule has 0 saturated heterocycles. The maximum atomic E-state index is 12.0. The molecule has 0 saturated carbocycles. The Hall–Kier alpha value is -3.67. The number of rotatable bonds is 6. The second-order valence-corrected chi connectivity index (χ2v) is 7.59. The van der Waals surface area contributed by atoms with Gasteiger partial charge in [-0.1, -0.05) is 48.5 Å². The van der Waals surface area contributed by atoms with E-state index in [-0.39, 0.29) is 0 Å². The van der Waals surface area contributed by atoms with Gasteiger partial charge in [0.2, 0.25) is 0 Å². The van der Waals surface area contributed by atoms with Gasteiger partial charge in [-0.25, -0.2) is 5.43 Å². The normalized spacial score (nSPS) is 11.0. The lowest BCUT2D eigenvalue weighted by molar-refractivity contribution is -0.139. The Labute approximate surface area is 183 Å². The first-order chi connectivity index (χ1) is 14.9. The predicted octanol–water partition coefficient (Wildman–Crippen LogP) is 3.52. The van der Waals surface area contributed by atoms with Gasteiger partial charge < -0.3 is 9.88 Å². The van der Waals surface area contributed by atoms with E-state index in [0.717, 1.165) is 28.2 Å². The van der Waals surface area contributed by atoms with Crippen LogP contribution in [0.3, 0.4) is 0 Å². The molecule has 6 heteroatoms. The maximum Gasteiger partial charge on any atom is 0.329 e. The minimum Gasteiger partial charge on any atom is -0.347 e. The Kier molecular flexibility index (Phi) is 7.03. The summed E-state index contributed by atoms with van der Waals surface area (Å²) in [6.45, 7) is 8.61. The molecule has 6 nitrogen and oxygen atoms in total. The largest absolute Gasteiger partial charge is 0.347 e. The van der Waals surface area contributed by atoms with Gasteiger partial charge >= 0.3 is 11.8 Å². The van der Waals surface area contributed by atoms with Crippen LogP contribution in [0.25, 0.3) is 5.69 Å². The number of nitrogens with zero attached hydrogens (tertiary/aromatic N) is 2. The minimum absolute atomic E-state index is 0.386. The van der Waals surface area contributed by atoms with E-state index in [9.17, 15) is 9.59 Å². The van der Waals surface area contributed by atoms with Gasteiger partial charge in [0.1, 0.15) is 0 Å². The topological polar surface area (TPSA) is 75.5 Å². The lowest BCUT2D eigenvalue weighted by Crippen LogP contribution is -2.38. The Bertz CT molecular complexity index is 1090. The standard InChI is InChI=1S/C25H28N4O2/c1-17-9-8-10-18(2)23(17)29-19(3)15-22(20(29)4)16-27-28-25(31)24(30)26-14-13-21-11-6-5-7-12-21/h5-12,15-16H,13-14H2,1-4H3,(H,26,30)(H,28,31)/b27-16-. The number of aryl methyl sites for hydroxylation is 3. The van der Waals surface area contributed by atoms with Crippen LogP contribution in [-0.2, 0) is 16.0 Å². The molecule has 0 fully saturated rings. The van der Waals surface area contributed by atoms with E-state index >= 15 is 0 Å². The predicted molar refractivity (Wildman–Crippen MR) is 124 cm³/mol. The lowest BCUT2D eigenvalue weighted by atomic mass is 10.1. The van der Waals surface area contributed by atoms with Crippen LogP contribution in [0.5, 0.6) is 0 Å². The summed E-state index contributed by atoms with van der Waals surface area (Å²) in [5.41, 5.74) is 9.89. The van der Waals surface area contributed by atoms with E-state index in [1.807, 2.05) is 56.3 Å². The van der Waals surface area contributed by atoms with Crippen molar-refractivity contribution < 1.29 is 9.59 Å². The highest BCUT2D eigenvalue weighted by Gasteiger charge is 2.14. The summed E-state index contributed by atoms with van der Waals surface area (Å²) in [4.78, 5) is 24.0. The third-order valence-electron chi connectivity index (χ3n) is 5.25. The van der Waals surface area contributed by atoms with Crippen LogP contribution in [0, 0.1) is 27.7 Å².